The monoisotopic (exact) mass is 792 g/mol. The largest absolute Gasteiger partial charge is 0.455 e. The Balaban J connectivity index is 1.21. The topological polar surface area (TPSA) is 19.6 Å². The number of furan rings is 1. The van der Waals surface area contributed by atoms with Gasteiger partial charge in [-0.15, -0.1) is 0 Å². The van der Waals surface area contributed by atoms with Crippen LogP contribution in [-0.4, -0.2) is 0 Å². The van der Waals surface area contributed by atoms with Gasteiger partial charge in [0.05, 0.1) is 5.41 Å². The van der Waals surface area contributed by atoms with Crippen molar-refractivity contribution in [1.82, 2.24) is 0 Å². The summed E-state index contributed by atoms with van der Waals surface area (Å²) in [6, 6.07) is 87.8. The zero-order chi connectivity index (χ0) is 41.0. The molecule has 0 saturated carbocycles. The lowest BCUT2D eigenvalue weighted by atomic mass is 9.59. The predicted octanol–water partition coefficient (Wildman–Crippen LogP) is 16.0. The Morgan fingerprint density at radius 2 is 0.806 bits per heavy atom. The molecule has 1 aliphatic rings. The van der Waals surface area contributed by atoms with Crippen molar-refractivity contribution >= 4 is 66.8 Å². The van der Waals surface area contributed by atoms with Crippen molar-refractivity contribution in [3.05, 3.63) is 265 Å². The van der Waals surface area contributed by atoms with E-state index in [1.807, 2.05) is 0 Å². The highest BCUT2D eigenvalue weighted by molar-refractivity contribution is 6.16. The smallest absolute Gasteiger partial charge is 0.143 e. The maximum absolute atomic E-state index is 7.00. The standard InChI is InChI=1S/C59H40N2O/c1-5-23-44(24-6-1)60(45-25-7-2-8-26-45)48-31-17-21-42(39-48)59(43-22-18-32-49(40-43)61(46-27-9-3-10-28-46)47-29-11-4-12-30-47)53-35-16-20-41-19-15-34-52(56(41)53)57-54(59)38-37-51-50-33-13-14-36-55(50)62-58(51)57/h1-40H. The van der Waals surface area contributed by atoms with Crippen molar-refractivity contribution in [2.75, 3.05) is 9.80 Å². The fourth-order valence-electron chi connectivity index (χ4n) is 10.1. The average molecular weight is 793 g/mol. The predicted molar refractivity (Wildman–Crippen MR) is 258 cm³/mol. The Kier molecular flexibility index (Phi) is 8.39. The Morgan fingerprint density at radius 1 is 0.339 bits per heavy atom. The third-order valence-electron chi connectivity index (χ3n) is 12.7. The van der Waals surface area contributed by atoms with Crippen LogP contribution in [0.2, 0.25) is 0 Å². The van der Waals surface area contributed by atoms with E-state index in [0.717, 1.165) is 72.8 Å². The summed E-state index contributed by atoms with van der Waals surface area (Å²) in [5.74, 6) is 0. The van der Waals surface area contributed by atoms with Crippen molar-refractivity contribution < 1.29 is 4.42 Å². The lowest BCUT2D eigenvalue weighted by Gasteiger charge is -2.43. The molecule has 0 N–H and O–H groups in total. The summed E-state index contributed by atoms with van der Waals surface area (Å²) in [4.78, 5) is 4.72. The normalized spacial score (nSPS) is 12.6. The Hall–Kier alpha value is -8.14. The number of rotatable bonds is 8. The molecule has 292 valence electrons. The molecule has 0 aliphatic heterocycles. The first-order valence-electron chi connectivity index (χ1n) is 21.3. The van der Waals surface area contributed by atoms with Crippen LogP contribution in [0.3, 0.4) is 0 Å². The summed E-state index contributed by atoms with van der Waals surface area (Å²) in [6.45, 7) is 0. The molecule has 3 nitrogen and oxygen atoms in total. The van der Waals surface area contributed by atoms with Crippen molar-refractivity contribution in [3.8, 4) is 11.1 Å². The van der Waals surface area contributed by atoms with Gasteiger partial charge < -0.3 is 14.2 Å². The van der Waals surface area contributed by atoms with E-state index < -0.39 is 5.41 Å². The van der Waals surface area contributed by atoms with Crippen LogP contribution in [0.15, 0.2) is 247 Å². The summed E-state index contributed by atoms with van der Waals surface area (Å²) in [7, 11) is 0. The number of nitrogens with zero attached hydrogens (tertiary/aromatic N) is 2. The summed E-state index contributed by atoms with van der Waals surface area (Å²) < 4.78 is 7.00. The first-order chi connectivity index (χ1) is 30.8. The molecule has 0 unspecified atom stereocenters. The number of hydrogen-bond donors (Lipinski definition) is 0. The van der Waals surface area contributed by atoms with Gasteiger partial charge in [0.1, 0.15) is 11.2 Å². The molecule has 1 aromatic heterocycles. The minimum atomic E-state index is -0.791. The van der Waals surface area contributed by atoms with E-state index in [9.17, 15) is 0 Å². The molecule has 0 spiro atoms. The molecular formula is C59H40N2O. The van der Waals surface area contributed by atoms with Crippen molar-refractivity contribution in [2.45, 2.75) is 5.41 Å². The lowest BCUT2D eigenvalue weighted by Crippen LogP contribution is -2.34. The second-order valence-corrected chi connectivity index (χ2v) is 16.0. The number of para-hydroxylation sites is 5. The zero-order valence-corrected chi connectivity index (χ0v) is 33.9. The molecule has 0 saturated heterocycles. The van der Waals surface area contributed by atoms with Crippen LogP contribution in [-0.2, 0) is 5.41 Å². The van der Waals surface area contributed by atoms with Gasteiger partial charge in [-0.05, 0) is 117 Å². The van der Waals surface area contributed by atoms with Crippen molar-refractivity contribution in [2.24, 2.45) is 0 Å². The zero-order valence-electron chi connectivity index (χ0n) is 33.9. The van der Waals surface area contributed by atoms with Crippen LogP contribution in [0.1, 0.15) is 22.3 Å². The Morgan fingerprint density at radius 3 is 1.35 bits per heavy atom. The minimum Gasteiger partial charge on any atom is -0.455 e. The van der Waals surface area contributed by atoms with Gasteiger partial charge in [0.15, 0.2) is 0 Å². The van der Waals surface area contributed by atoms with Crippen molar-refractivity contribution in [1.29, 1.82) is 0 Å². The van der Waals surface area contributed by atoms with Crippen LogP contribution in [0.5, 0.6) is 0 Å². The minimum absolute atomic E-state index is 0.791. The van der Waals surface area contributed by atoms with Gasteiger partial charge in [0.2, 0.25) is 0 Å². The average Bonchev–Trinajstić information content (AvgIpc) is 3.73. The molecule has 0 amide bonds. The molecular weight excluding hydrogens is 753 g/mol. The maximum Gasteiger partial charge on any atom is 0.143 e. The summed E-state index contributed by atoms with van der Waals surface area (Å²) in [5, 5.41) is 4.66. The molecule has 12 rings (SSSR count). The van der Waals surface area contributed by atoms with Gasteiger partial charge in [0, 0.05) is 50.5 Å². The molecule has 11 aromatic rings. The van der Waals surface area contributed by atoms with Gasteiger partial charge in [0.25, 0.3) is 0 Å². The Labute approximate surface area is 361 Å². The second-order valence-electron chi connectivity index (χ2n) is 16.0. The number of benzene rings is 10. The third kappa shape index (κ3) is 5.52. The number of fused-ring (bicyclic) bond motifs is 6. The summed E-state index contributed by atoms with van der Waals surface area (Å²) >= 11 is 0. The van der Waals surface area contributed by atoms with Crippen LogP contribution >= 0.6 is 0 Å². The molecule has 0 radical (unpaired) electrons. The van der Waals surface area contributed by atoms with E-state index in [1.165, 1.54) is 27.5 Å². The molecule has 1 heterocycles. The van der Waals surface area contributed by atoms with Gasteiger partial charge in [-0.3, -0.25) is 0 Å². The van der Waals surface area contributed by atoms with E-state index >= 15 is 0 Å². The van der Waals surface area contributed by atoms with Crippen LogP contribution in [0.4, 0.5) is 34.1 Å². The number of hydrogen-bond acceptors (Lipinski definition) is 3. The fraction of sp³-hybridized carbons (Fsp3) is 0.0169. The van der Waals surface area contributed by atoms with E-state index in [-0.39, 0.29) is 0 Å². The second kappa shape index (κ2) is 14.5. The summed E-state index contributed by atoms with van der Waals surface area (Å²) in [6.07, 6.45) is 0. The molecule has 0 fully saturated rings. The fourth-order valence-corrected chi connectivity index (χ4v) is 10.1. The molecule has 3 heteroatoms. The van der Waals surface area contributed by atoms with E-state index in [1.54, 1.807) is 0 Å². The number of anilines is 6. The highest BCUT2D eigenvalue weighted by atomic mass is 16.3. The highest BCUT2D eigenvalue weighted by Gasteiger charge is 2.46. The maximum atomic E-state index is 7.00. The van der Waals surface area contributed by atoms with E-state index in [2.05, 4.69) is 252 Å². The molecule has 10 aromatic carbocycles. The SMILES string of the molecule is c1ccc(N(c2ccccc2)c2cccc(C3(c4cccc(N(c5ccccc5)c5ccccc5)c4)c4ccc5c(oc6ccccc65)c4-c4cccc5cccc3c45)c2)cc1. The van der Waals surface area contributed by atoms with Gasteiger partial charge >= 0.3 is 0 Å². The highest BCUT2D eigenvalue weighted by Crippen LogP contribution is 2.58. The molecule has 0 atom stereocenters. The molecule has 62 heavy (non-hydrogen) atoms. The molecule has 1 aliphatic carbocycles. The summed E-state index contributed by atoms with van der Waals surface area (Å²) in [5.41, 5.74) is 14.6. The van der Waals surface area contributed by atoms with Gasteiger partial charge in [-0.2, -0.15) is 0 Å². The lowest BCUT2D eigenvalue weighted by molar-refractivity contribution is 0.666. The van der Waals surface area contributed by atoms with Crippen molar-refractivity contribution in [3.63, 3.8) is 0 Å². The van der Waals surface area contributed by atoms with Gasteiger partial charge in [-0.1, -0.05) is 164 Å². The molecule has 0 bridgehead atoms. The Bertz CT molecular complexity index is 3200. The van der Waals surface area contributed by atoms with E-state index in [0.29, 0.717) is 0 Å². The van der Waals surface area contributed by atoms with Gasteiger partial charge in [-0.25, -0.2) is 0 Å². The first kappa shape index (κ1) is 35.8. The van der Waals surface area contributed by atoms with Crippen LogP contribution < -0.4 is 9.80 Å². The third-order valence-corrected chi connectivity index (χ3v) is 12.7. The quantitative estimate of drug-likeness (QED) is 0.153. The van der Waals surface area contributed by atoms with E-state index in [4.69, 9.17) is 4.42 Å². The van der Waals surface area contributed by atoms with Crippen LogP contribution in [0, 0.1) is 0 Å². The van der Waals surface area contributed by atoms with Crippen LogP contribution in [0.25, 0.3) is 43.8 Å². The first-order valence-corrected chi connectivity index (χ1v) is 21.3.